The van der Waals surface area contributed by atoms with E-state index in [-0.39, 0.29) is 43.9 Å². The molecule has 0 radical (unpaired) electrons. The SMILES string of the molecule is CCCCCCCCCCCCCC(=O)OC[C@H](O)COC(=O)C/C=C\C[C@H]1[C@@H](/C=C/[C@H](O)CCCCC)[C@H](O)C[C@@H]1O. The molecule has 0 spiro atoms. The van der Waals surface area contributed by atoms with Crippen LogP contribution in [0.1, 0.15) is 136 Å². The molecule has 0 aromatic heterocycles. The van der Waals surface area contributed by atoms with Gasteiger partial charge in [0.05, 0.1) is 24.7 Å². The Bertz CT molecular complexity index is 767. The Morgan fingerprint density at radius 1 is 0.744 bits per heavy atom. The largest absolute Gasteiger partial charge is 0.463 e. The monoisotopic (exact) mass is 610 g/mol. The van der Waals surface area contributed by atoms with E-state index in [1.54, 1.807) is 18.2 Å². The van der Waals surface area contributed by atoms with Gasteiger partial charge in [-0.15, -0.1) is 0 Å². The minimum absolute atomic E-state index is 0.00732. The third-order valence-corrected chi connectivity index (χ3v) is 8.29. The van der Waals surface area contributed by atoms with Crippen molar-refractivity contribution in [3.05, 3.63) is 24.3 Å². The first kappa shape index (κ1) is 39.3. The quantitative estimate of drug-likeness (QED) is 0.0508. The lowest BCUT2D eigenvalue weighted by molar-refractivity contribution is -0.151. The van der Waals surface area contributed by atoms with E-state index in [9.17, 15) is 30.0 Å². The van der Waals surface area contributed by atoms with Gasteiger partial charge in [-0.05, 0) is 25.2 Å². The number of aliphatic hydroxyl groups excluding tert-OH is 4. The molecule has 8 heteroatoms. The van der Waals surface area contributed by atoms with Crippen LogP contribution in [0.5, 0.6) is 0 Å². The summed E-state index contributed by atoms with van der Waals surface area (Å²) in [5.74, 6) is -1.33. The minimum atomic E-state index is -1.07. The molecule has 0 aliphatic heterocycles. The summed E-state index contributed by atoms with van der Waals surface area (Å²) in [6.45, 7) is 3.89. The molecule has 0 aromatic carbocycles. The molecule has 8 nitrogen and oxygen atoms in total. The topological polar surface area (TPSA) is 134 Å². The highest BCUT2D eigenvalue weighted by molar-refractivity contribution is 5.71. The van der Waals surface area contributed by atoms with Crippen LogP contribution in [0.4, 0.5) is 0 Å². The summed E-state index contributed by atoms with van der Waals surface area (Å²) in [6.07, 6.45) is 22.2. The Hall–Kier alpha value is -1.74. The molecule has 0 bridgehead atoms. The maximum absolute atomic E-state index is 12.1. The highest BCUT2D eigenvalue weighted by atomic mass is 16.6. The second-order valence-electron chi connectivity index (χ2n) is 12.3. The molecule has 1 aliphatic rings. The van der Waals surface area contributed by atoms with Gasteiger partial charge in [-0.3, -0.25) is 9.59 Å². The summed E-state index contributed by atoms with van der Waals surface area (Å²) >= 11 is 0. The van der Waals surface area contributed by atoms with Gasteiger partial charge in [-0.25, -0.2) is 0 Å². The Morgan fingerprint density at radius 3 is 1.93 bits per heavy atom. The average Bonchev–Trinajstić information content (AvgIpc) is 3.26. The molecule has 1 aliphatic carbocycles. The lowest BCUT2D eigenvalue weighted by atomic mass is 9.89. The molecule has 250 valence electrons. The first-order chi connectivity index (χ1) is 20.8. The number of aliphatic hydroxyl groups is 4. The fraction of sp³-hybridized carbons (Fsp3) is 0.829. The third kappa shape index (κ3) is 20.0. The summed E-state index contributed by atoms with van der Waals surface area (Å²) in [4.78, 5) is 24.0. The molecule has 1 rings (SSSR count). The fourth-order valence-electron chi connectivity index (χ4n) is 5.59. The number of carbonyl (C=O) groups excluding carboxylic acids is 2. The van der Waals surface area contributed by atoms with E-state index in [0.717, 1.165) is 38.5 Å². The molecule has 0 unspecified atom stereocenters. The Labute approximate surface area is 260 Å². The normalized spacial score (nSPS) is 21.9. The van der Waals surface area contributed by atoms with Gasteiger partial charge < -0.3 is 29.9 Å². The molecule has 0 amide bonds. The molecular formula is C35H62O8. The van der Waals surface area contributed by atoms with Crippen molar-refractivity contribution in [2.24, 2.45) is 11.8 Å². The maximum atomic E-state index is 12.1. The number of allylic oxidation sites excluding steroid dienone is 1. The van der Waals surface area contributed by atoms with Crippen molar-refractivity contribution in [3.63, 3.8) is 0 Å². The Kier molecular flexibility index (Phi) is 23.4. The van der Waals surface area contributed by atoms with Crippen LogP contribution in [0.2, 0.25) is 0 Å². The van der Waals surface area contributed by atoms with Crippen molar-refractivity contribution >= 4 is 11.9 Å². The van der Waals surface area contributed by atoms with Crippen LogP contribution in [-0.4, -0.2) is 70.0 Å². The van der Waals surface area contributed by atoms with Gasteiger partial charge in [0.2, 0.25) is 0 Å². The van der Waals surface area contributed by atoms with Crippen molar-refractivity contribution < 1.29 is 39.5 Å². The molecular weight excluding hydrogens is 548 g/mol. The number of hydrogen-bond donors (Lipinski definition) is 4. The second kappa shape index (κ2) is 25.6. The standard InChI is InChI=1S/C35H62O8/c1-3-5-7-8-9-10-11-12-13-14-16-21-34(40)42-26-29(37)27-43-35(41)22-18-17-20-30-31(33(39)25-32(30)38)24-23-28(36)19-15-6-4-2/h17-18,23-24,28-33,36-39H,3-16,19-22,25-27H2,1-2H3/b18-17-,24-23+/t28-,29+,30+,31-,32+,33-/m1/s1. The van der Waals surface area contributed by atoms with Crippen molar-refractivity contribution in [3.8, 4) is 0 Å². The summed E-state index contributed by atoms with van der Waals surface area (Å²) in [5, 5.41) is 40.9. The van der Waals surface area contributed by atoms with Crippen molar-refractivity contribution in [1.82, 2.24) is 0 Å². The molecule has 0 heterocycles. The summed E-state index contributed by atoms with van der Waals surface area (Å²) in [5.41, 5.74) is 0. The highest BCUT2D eigenvalue weighted by Gasteiger charge is 2.39. The first-order valence-electron chi connectivity index (χ1n) is 17.1. The minimum Gasteiger partial charge on any atom is -0.463 e. The van der Waals surface area contributed by atoms with Crippen LogP contribution in [0, 0.1) is 11.8 Å². The number of carbonyl (C=O) groups is 2. The molecule has 1 saturated carbocycles. The van der Waals surface area contributed by atoms with Crippen molar-refractivity contribution in [2.45, 2.75) is 160 Å². The molecule has 4 N–H and O–H groups in total. The predicted octanol–water partition coefficient (Wildman–Crippen LogP) is 6.33. The number of hydrogen-bond acceptors (Lipinski definition) is 8. The van der Waals surface area contributed by atoms with Gasteiger partial charge in [0.1, 0.15) is 19.3 Å². The number of esters is 2. The maximum Gasteiger partial charge on any atom is 0.309 e. The van der Waals surface area contributed by atoms with E-state index in [4.69, 9.17) is 9.47 Å². The highest BCUT2D eigenvalue weighted by Crippen LogP contribution is 2.36. The van der Waals surface area contributed by atoms with Gasteiger partial charge in [-0.1, -0.05) is 122 Å². The van der Waals surface area contributed by atoms with E-state index in [1.165, 1.54) is 51.4 Å². The lowest BCUT2D eigenvalue weighted by Crippen LogP contribution is -2.25. The predicted molar refractivity (Wildman–Crippen MR) is 170 cm³/mol. The van der Waals surface area contributed by atoms with Gasteiger partial charge in [-0.2, -0.15) is 0 Å². The van der Waals surface area contributed by atoms with Crippen molar-refractivity contribution in [2.75, 3.05) is 13.2 Å². The second-order valence-corrected chi connectivity index (χ2v) is 12.3. The lowest BCUT2D eigenvalue weighted by Gasteiger charge is -2.19. The van der Waals surface area contributed by atoms with Crippen LogP contribution in [0.3, 0.4) is 0 Å². The third-order valence-electron chi connectivity index (χ3n) is 8.29. The summed E-state index contributed by atoms with van der Waals surface area (Å²) < 4.78 is 10.2. The van der Waals surface area contributed by atoms with Crippen LogP contribution in [-0.2, 0) is 19.1 Å². The zero-order chi connectivity index (χ0) is 31.7. The van der Waals surface area contributed by atoms with Crippen LogP contribution < -0.4 is 0 Å². The van der Waals surface area contributed by atoms with E-state index >= 15 is 0 Å². The molecule has 0 aromatic rings. The number of unbranched alkanes of at least 4 members (excludes halogenated alkanes) is 12. The molecule has 43 heavy (non-hydrogen) atoms. The van der Waals surface area contributed by atoms with E-state index in [2.05, 4.69) is 13.8 Å². The molecule has 6 atom stereocenters. The van der Waals surface area contributed by atoms with Gasteiger partial charge in [0, 0.05) is 18.8 Å². The first-order valence-corrected chi connectivity index (χ1v) is 17.1. The van der Waals surface area contributed by atoms with Crippen LogP contribution in [0.25, 0.3) is 0 Å². The van der Waals surface area contributed by atoms with Gasteiger partial charge in [0.15, 0.2) is 0 Å². The van der Waals surface area contributed by atoms with E-state index in [0.29, 0.717) is 19.3 Å². The zero-order valence-corrected chi connectivity index (χ0v) is 27.0. The summed E-state index contributed by atoms with van der Waals surface area (Å²) in [6, 6.07) is 0. The average molecular weight is 611 g/mol. The van der Waals surface area contributed by atoms with Gasteiger partial charge in [0.25, 0.3) is 0 Å². The zero-order valence-electron chi connectivity index (χ0n) is 27.0. The smallest absolute Gasteiger partial charge is 0.309 e. The van der Waals surface area contributed by atoms with Gasteiger partial charge >= 0.3 is 11.9 Å². The Morgan fingerprint density at radius 2 is 1.30 bits per heavy atom. The van der Waals surface area contributed by atoms with Crippen LogP contribution >= 0.6 is 0 Å². The fourth-order valence-corrected chi connectivity index (χ4v) is 5.59. The molecule has 1 fully saturated rings. The molecule has 0 saturated heterocycles. The Balaban J connectivity index is 2.15. The number of rotatable bonds is 26. The van der Waals surface area contributed by atoms with E-state index < -0.39 is 30.4 Å². The van der Waals surface area contributed by atoms with Crippen molar-refractivity contribution in [1.29, 1.82) is 0 Å². The summed E-state index contributed by atoms with van der Waals surface area (Å²) in [7, 11) is 0. The van der Waals surface area contributed by atoms with Crippen LogP contribution in [0.15, 0.2) is 24.3 Å². The number of ether oxygens (including phenoxy) is 2. The van der Waals surface area contributed by atoms with E-state index in [1.807, 2.05) is 6.08 Å².